The highest BCUT2D eigenvalue weighted by atomic mass is 32.2. The summed E-state index contributed by atoms with van der Waals surface area (Å²) in [6, 6.07) is 22.3. The van der Waals surface area contributed by atoms with Crippen molar-refractivity contribution < 1.29 is 37.2 Å². The second-order valence-corrected chi connectivity index (χ2v) is 18.0. The van der Waals surface area contributed by atoms with E-state index in [0.717, 1.165) is 24.2 Å². The lowest BCUT2D eigenvalue weighted by Crippen LogP contribution is -2.49. The van der Waals surface area contributed by atoms with Crippen molar-refractivity contribution in [1.82, 2.24) is 19.0 Å². The summed E-state index contributed by atoms with van der Waals surface area (Å²) in [4.78, 5) is 54.8. The largest absolute Gasteiger partial charge is 0.446 e. The second kappa shape index (κ2) is 20.8. The van der Waals surface area contributed by atoms with E-state index in [1.807, 2.05) is 54.6 Å². The number of carbonyl (C=O) groups is 3. The molecule has 0 spiro atoms. The summed E-state index contributed by atoms with van der Waals surface area (Å²) >= 11 is 0. The number of benzene rings is 3. The molecule has 0 saturated carbocycles. The van der Waals surface area contributed by atoms with Crippen LogP contribution in [-0.4, -0.2) is 121 Å². The van der Waals surface area contributed by atoms with Gasteiger partial charge in [0.05, 0.1) is 10.6 Å². The van der Waals surface area contributed by atoms with E-state index in [1.54, 1.807) is 37.6 Å². The highest BCUT2D eigenvalue weighted by Gasteiger charge is 2.38. The highest BCUT2D eigenvalue weighted by Crippen LogP contribution is 2.31. The van der Waals surface area contributed by atoms with Crippen LogP contribution in [0.25, 0.3) is 11.1 Å². The zero-order valence-corrected chi connectivity index (χ0v) is 35.4. The minimum Gasteiger partial charge on any atom is -0.446 e. The van der Waals surface area contributed by atoms with E-state index in [1.165, 1.54) is 28.6 Å². The monoisotopic (exact) mass is 834 g/mol. The summed E-state index contributed by atoms with van der Waals surface area (Å²) in [5.74, 6) is -0.00502. The molecule has 3 aromatic rings. The Hall–Kier alpha value is -5.06. The number of nitrogens with one attached hydrogen (secondary N) is 1. The van der Waals surface area contributed by atoms with Gasteiger partial charge >= 0.3 is 12.2 Å². The van der Waals surface area contributed by atoms with Gasteiger partial charge in [-0.15, -0.1) is 0 Å². The minimum atomic E-state index is -4.26. The first-order valence-electron chi connectivity index (χ1n) is 20.4. The average Bonchev–Trinajstić information content (AvgIpc) is 3.21. The third kappa shape index (κ3) is 13.0. The number of hydrogen-bond acceptors (Lipinski definition) is 10. The van der Waals surface area contributed by atoms with Crippen molar-refractivity contribution in [3.8, 4) is 11.1 Å². The first kappa shape index (κ1) is 45.0. The molecule has 5 rings (SSSR count). The van der Waals surface area contributed by atoms with Gasteiger partial charge < -0.3 is 24.2 Å². The molecule has 0 unspecified atom stereocenters. The lowest BCUT2D eigenvalue weighted by molar-refractivity contribution is -0.387. The molecule has 3 amide bonds. The standard InChI is InChI=1S/C43H58N6O9S/c1-43(2,3)58-42(52)47-29-22-34(23-30-47)48(59(55,56)39-20-13-12-19-38(39)49(53)54)26-14-6-9-21-40(50)45(4)31-32-46-27-24-35(25-28-46)57-41(51)44-37-18-11-10-17-36(37)33-15-7-5-8-16-33/h5,7-8,10-13,15-20,34-35H,6,9,14,21-32H2,1-4H3,(H,44,51). The molecular weight excluding hydrogens is 777 g/mol. The van der Waals surface area contributed by atoms with E-state index < -0.39 is 44.5 Å². The van der Waals surface area contributed by atoms with E-state index in [4.69, 9.17) is 9.47 Å². The van der Waals surface area contributed by atoms with Crippen LogP contribution in [0.2, 0.25) is 0 Å². The van der Waals surface area contributed by atoms with Crippen LogP contribution in [0.5, 0.6) is 0 Å². The molecule has 59 heavy (non-hydrogen) atoms. The minimum absolute atomic E-state index is 0.00502. The molecule has 2 aliphatic heterocycles. The Morgan fingerprint density at radius 3 is 2.17 bits per heavy atom. The van der Waals surface area contributed by atoms with E-state index in [9.17, 15) is 32.9 Å². The van der Waals surface area contributed by atoms with E-state index in [-0.39, 0.29) is 36.5 Å². The molecule has 1 N–H and O–H groups in total. The van der Waals surface area contributed by atoms with Gasteiger partial charge in [0.15, 0.2) is 4.90 Å². The summed E-state index contributed by atoms with van der Waals surface area (Å²) in [6.07, 6.45) is 2.85. The van der Waals surface area contributed by atoms with Crippen molar-refractivity contribution in [1.29, 1.82) is 0 Å². The smallest absolute Gasteiger partial charge is 0.411 e. The molecule has 15 nitrogen and oxygen atoms in total. The van der Waals surface area contributed by atoms with Crippen LogP contribution in [0.4, 0.5) is 21.0 Å². The van der Waals surface area contributed by atoms with Gasteiger partial charge in [-0.3, -0.25) is 20.2 Å². The molecule has 3 aromatic carbocycles. The van der Waals surface area contributed by atoms with Crippen LogP contribution >= 0.6 is 0 Å². The summed E-state index contributed by atoms with van der Waals surface area (Å²) in [6.45, 7) is 8.77. The molecule has 0 aromatic heterocycles. The SMILES string of the molecule is CN(CCN1CCC(OC(=O)Nc2ccccc2-c2ccccc2)CC1)C(=O)CCCCCN(C1CCN(C(=O)OC(C)(C)C)CC1)S(=O)(=O)c1ccccc1[N+](=O)[O-]. The summed E-state index contributed by atoms with van der Waals surface area (Å²) < 4.78 is 40.7. The lowest BCUT2D eigenvalue weighted by Gasteiger charge is -2.38. The predicted molar refractivity (Wildman–Crippen MR) is 225 cm³/mol. The molecule has 16 heteroatoms. The van der Waals surface area contributed by atoms with Crippen molar-refractivity contribution in [3.05, 3.63) is 89.0 Å². The molecule has 320 valence electrons. The number of unbranched alkanes of at least 4 members (excludes halogenated alkanes) is 2. The second-order valence-electron chi connectivity index (χ2n) is 16.1. The topological polar surface area (TPSA) is 172 Å². The lowest BCUT2D eigenvalue weighted by atomic mass is 10.0. The Bertz CT molecular complexity index is 1990. The number of rotatable bonds is 16. The van der Waals surface area contributed by atoms with Gasteiger partial charge in [0.2, 0.25) is 15.9 Å². The number of likely N-dealkylation sites (tertiary alicyclic amines) is 2. The Morgan fingerprint density at radius 2 is 1.49 bits per heavy atom. The molecule has 0 atom stereocenters. The van der Waals surface area contributed by atoms with Gasteiger partial charge in [-0.1, -0.05) is 67.1 Å². The van der Waals surface area contributed by atoms with Crippen LogP contribution in [-0.2, 0) is 24.3 Å². The number of anilines is 1. The number of carbonyl (C=O) groups excluding carboxylic acids is 3. The number of nitro groups is 1. The molecule has 0 bridgehead atoms. The maximum atomic E-state index is 14.0. The van der Waals surface area contributed by atoms with Crippen LogP contribution in [0, 0.1) is 10.1 Å². The number of nitrogens with zero attached hydrogens (tertiary/aromatic N) is 5. The zero-order valence-electron chi connectivity index (χ0n) is 34.6. The van der Waals surface area contributed by atoms with Crippen molar-refractivity contribution in [2.45, 2.75) is 94.8 Å². The maximum Gasteiger partial charge on any atom is 0.411 e. The van der Waals surface area contributed by atoms with Gasteiger partial charge in [0.25, 0.3) is 5.69 Å². The molecule has 0 aliphatic carbocycles. The summed E-state index contributed by atoms with van der Waals surface area (Å²) in [7, 11) is -2.48. The molecule has 2 heterocycles. The van der Waals surface area contributed by atoms with Gasteiger partial charge in [-0.25, -0.2) is 18.0 Å². The maximum absolute atomic E-state index is 14.0. The molecule has 2 aliphatic rings. The fraction of sp³-hybridized carbons (Fsp3) is 0.512. The Labute approximate surface area is 347 Å². The number of likely N-dealkylation sites (N-methyl/N-ethyl adjacent to an activating group) is 1. The number of ether oxygens (including phenoxy) is 2. The number of hydrogen-bond donors (Lipinski definition) is 1. The van der Waals surface area contributed by atoms with Gasteiger partial charge in [-0.05, 0) is 77.0 Å². The molecular formula is C43H58N6O9S. The Balaban J connectivity index is 1.04. The van der Waals surface area contributed by atoms with Gasteiger partial charge in [0, 0.05) is 77.0 Å². The van der Waals surface area contributed by atoms with Crippen molar-refractivity contribution in [2.75, 3.05) is 58.2 Å². The van der Waals surface area contributed by atoms with E-state index in [0.29, 0.717) is 70.1 Å². The Kier molecular flexibility index (Phi) is 15.8. The number of piperidine rings is 2. The Morgan fingerprint density at radius 1 is 0.847 bits per heavy atom. The highest BCUT2D eigenvalue weighted by molar-refractivity contribution is 7.89. The fourth-order valence-corrected chi connectivity index (χ4v) is 9.33. The third-order valence-electron chi connectivity index (χ3n) is 10.7. The predicted octanol–water partition coefficient (Wildman–Crippen LogP) is 7.38. The molecule has 2 saturated heterocycles. The number of sulfonamides is 1. The van der Waals surface area contributed by atoms with Crippen molar-refractivity contribution >= 4 is 39.5 Å². The van der Waals surface area contributed by atoms with Crippen molar-refractivity contribution in [3.63, 3.8) is 0 Å². The first-order valence-corrected chi connectivity index (χ1v) is 21.9. The van der Waals surface area contributed by atoms with Crippen LogP contribution in [0.15, 0.2) is 83.8 Å². The third-order valence-corrected chi connectivity index (χ3v) is 12.7. The molecule has 2 fully saturated rings. The quantitative estimate of drug-likeness (QED) is 0.0872. The number of nitro benzene ring substituents is 1. The van der Waals surface area contributed by atoms with Crippen LogP contribution < -0.4 is 5.32 Å². The zero-order chi connectivity index (χ0) is 42.6. The van der Waals surface area contributed by atoms with Crippen LogP contribution in [0.3, 0.4) is 0 Å². The average molecular weight is 835 g/mol. The van der Waals surface area contributed by atoms with Crippen molar-refractivity contribution in [2.24, 2.45) is 0 Å². The van der Waals surface area contributed by atoms with E-state index in [2.05, 4.69) is 10.2 Å². The summed E-state index contributed by atoms with van der Waals surface area (Å²) in [5, 5.41) is 14.7. The molecule has 0 radical (unpaired) electrons. The van der Waals surface area contributed by atoms with Crippen LogP contribution in [0.1, 0.15) is 72.1 Å². The van der Waals surface area contributed by atoms with Gasteiger partial charge in [0.1, 0.15) is 11.7 Å². The first-order chi connectivity index (χ1) is 28.1. The van der Waals surface area contributed by atoms with Gasteiger partial charge in [-0.2, -0.15) is 4.31 Å². The summed E-state index contributed by atoms with van der Waals surface area (Å²) in [5.41, 5.74) is 1.45. The number of amides is 3. The van der Waals surface area contributed by atoms with E-state index >= 15 is 0 Å². The fourth-order valence-electron chi connectivity index (χ4n) is 7.45. The normalized spacial score (nSPS) is 15.8. The number of para-hydroxylation sites is 2.